The van der Waals surface area contributed by atoms with E-state index in [4.69, 9.17) is 10.5 Å². The minimum absolute atomic E-state index is 0.600. The van der Waals surface area contributed by atoms with E-state index in [-0.39, 0.29) is 0 Å². The van der Waals surface area contributed by atoms with E-state index in [0.717, 1.165) is 24.3 Å². The van der Waals surface area contributed by atoms with Gasteiger partial charge in [0.15, 0.2) is 0 Å². The standard InChI is InChI=1S/C18H28N2O/c1-21-18-9-8-14(12-19)11-16(18)13-20-10-4-6-15-5-2-3-7-17(15)20/h8-9,11,15,17H,2-7,10,12-13,19H2,1H3. The Labute approximate surface area is 128 Å². The molecule has 2 fully saturated rings. The number of ether oxygens (including phenoxy) is 1. The molecule has 2 N–H and O–H groups in total. The number of nitrogens with two attached hydrogens (primary N) is 1. The summed E-state index contributed by atoms with van der Waals surface area (Å²) in [5, 5.41) is 0. The predicted octanol–water partition coefficient (Wildman–Crippen LogP) is 3.31. The van der Waals surface area contributed by atoms with Gasteiger partial charge in [-0.3, -0.25) is 4.90 Å². The second-order valence-corrected chi connectivity index (χ2v) is 6.57. The summed E-state index contributed by atoms with van der Waals surface area (Å²) in [5.74, 6) is 1.93. The van der Waals surface area contributed by atoms with Crippen LogP contribution in [0.2, 0.25) is 0 Å². The van der Waals surface area contributed by atoms with Gasteiger partial charge in [0.2, 0.25) is 0 Å². The van der Waals surface area contributed by atoms with E-state index in [2.05, 4.69) is 23.1 Å². The molecular weight excluding hydrogens is 260 g/mol. The fourth-order valence-electron chi connectivity index (χ4n) is 4.23. The van der Waals surface area contributed by atoms with Crippen LogP contribution in [0.15, 0.2) is 18.2 Å². The largest absolute Gasteiger partial charge is 0.496 e. The van der Waals surface area contributed by atoms with Gasteiger partial charge in [0.1, 0.15) is 5.75 Å². The van der Waals surface area contributed by atoms with Gasteiger partial charge < -0.3 is 10.5 Å². The molecule has 1 aromatic carbocycles. The van der Waals surface area contributed by atoms with Crippen LogP contribution < -0.4 is 10.5 Å². The molecule has 0 aromatic heterocycles. The summed E-state index contributed by atoms with van der Waals surface area (Å²) in [6, 6.07) is 7.16. The van der Waals surface area contributed by atoms with E-state index < -0.39 is 0 Å². The zero-order valence-corrected chi connectivity index (χ0v) is 13.2. The molecule has 0 radical (unpaired) electrons. The molecule has 21 heavy (non-hydrogen) atoms. The van der Waals surface area contributed by atoms with Gasteiger partial charge in [-0.15, -0.1) is 0 Å². The fourth-order valence-corrected chi connectivity index (χ4v) is 4.23. The number of nitrogens with zero attached hydrogens (tertiary/aromatic N) is 1. The Hall–Kier alpha value is -1.06. The van der Waals surface area contributed by atoms with Crippen LogP contribution in [0.3, 0.4) is 0 Å². The van der Waals surface area contributed by atoms with Crippen molar-refractivity contribution in [2.24, 2.45) is 11.7 Å². The first kappa shape index (κ1) is 14.9. The number of rotatable bonds is 4. The molecule has 1 saturated carbocycles. The van der Waals surface area contributed by atoms with Gasteiger partial charge in [-0.25, -0.2) is 0 Å². The molecule has 1 aromatic rings. The van der Waals surface area contributed by atoms with Crippen molar-refractivity contribution in [2.45, 2.75) is 57.7 Å². The number of fused-ring (bicyclic) bond motifs is 1. The summed E-state index contributed by atoms with van der Waals surface area (Å²) in [6.45, 7) is 2.85. The van der Waals surface area contributed by atoms with Crippen LogP contribution in [-0.2, 0) is 13.1 Å². The molecule has 116 valence electrons. The summed E-state index contributed by atoms with van der Waals surface area (Å²) in [5.41, 5.74) is 8.29. The molecule has 2 unspecified atom stereocenters. The second kappa shape index (κ2) is 6.80. The predicted molar refractivity (Wildman–Crippen MR) is 86.3 cm³/mol. The smallest absolute Gasteiger partial charge is 0.123 e. The average molecular weight is 288 g/mol. The second-order valence-electron chi connectivity index (χ2n) is 6.57. The SMILES string of the molecule is COc1ccc(CN)cc1CN1CCCC2CCCCC21. The van der Waals surface area contributed by atoms with E-state index in [1.165, 1.54) is 56.2 Å². The van der Waals surface area contributed by atoms with E-state index in [1.807, 2.05) is 0 Å². The molecule has 3 heteroatoms. The van der Waals surface area contributed by atoms with E-state index in [1.54, 1.807) is 7.11 Å². The topological polar surface area (TPSA) is 38.5 Å². The zero-order valence-electron chi connectivity index (χ0n) is 13.2. The number of benzene rings is 1. The van der Waals surface area contributed by atoms with Crippen molar-refractivity contribution in [1.29, 1.82) is 0 Å². The number of hydrogen-bond acceptors (Lipinski definition) is 3. The molecule has 0 amide bonds. The molecular formula is C18H28N2O. The van der Waals surface area contributed by atoms with Crippen LogP contribution in [-0.4, -0.2) is 24.6 Å². The molecule has 3 rings (SSSR count). The Morgan fingerprint density at radius 3 is 2.81 bits per heavy atom. The van der Waals surface area contributed by atoms with Crippen molar-refractivity contribution in [3.8, 4) is 5.75 Å². The third-order valence-corrected chi connectivity index (χ3v) is 5.31. The first-order chi connectivity index (χ1) is 10.3. The Morgan fingerprint density at radius 2 is 2.00 bits per heavy atom. The molecule has 0 bridgehead atoms. The van der Waals surface area contributed by atoms with Crippen LogP contribution in [0, 0.1) is 5.92 Å². The van der Waals surface area contributed by atoms with Crippen LogP contribution in [0.25, 0.3) is 0 Å². The maximum atomic E-state index is 5.80. The molecule has 0 spiro atoms. The Balaban J connectivity index is 1.78. The highest BCUT2D eigenvalue weighted by Gasteiger charge is 2.33. The van der Waals surface area contributed by atoms with E-state index in [0.29, 0.717) is 6.54 Å². The Bertz CT molecular complexity index is 472. The number of hydrogen-bond donors (Lipinski definition) is 1. The van der Waals surface area contributed by atoms with Crippen molar-refractivity contribution in [3.63, 3.8) is 0 Å². The minimum Gasteiger partial charge on any atom is -0.496 e. The van der Waals surface area contributed by atoms with Gasteiger partial charge in [-0.1, -0.05) is 18.9 Å². The van der Waals surface area contributed by atoms with Crippen LogP contribution >= 0.6 is 0 Å². The van der Waals surface area contributed by atoms with Gasteiger partial charge in [0.25, 0.3) is 0 Å². The highest BCUT2D eigenvalue weighted by Crippen LogP contribution is 2.36. The lowest BCUT2D eigenvalue weighted by molar-refractivity contribution is 0.0541. The minimum atomic E-state index is 0.600. The van der Waals surface area contributed by atoms with E-state index >= 15 is 0 Å². The number of piperidine rings is 1. The maximum absolute atomic E-state index is 5.80. The fraction of sp³-hybridized carbons (Fsp3) is 0.667. The van der Waals surface area contributed by atoms with E-state index in [9.17, 15) is 0 Å². The van der Waals surface area contributed by atoms with Gasteiger partial charge in [0, 0.05) is 24.7 Å². The highest BCUT2D eigenvalue weighted by atomic mass is 16.5. The molecule has 1 saturated heterocycles. The van der Waals surface area contributed by atoms with Crippen molar-refractivity contribution in [1.82, 2.24) is 4.90 Å². The van der Waals surface area contributed by atoms with Gasteiger partial charge >= 0.3 is 0 Å². The average Bonchev–Trinajstić information content (AvgIpc) is 2.55. The molecule has 1 aliphatic heterocycles. The zero-order chi connectivity index (χ0) is 14.7. The summed E-state index contributed by atoms with van der Waals surface area (Å²) in [6.07, 6.45) is 8.42. The first-order valence-corrected chi connectivity index (χ1v) is 8.41. The summed E-state index contributed by atoms with van der Waals surface area (Å²) in [4.78, 5) is 2.70. The third-order valence-electron chi connectivity index (χ3n) is 5.31. The Kier molecular flexibility index (Phi) is 4.81. The summed E-state index contributed by atoms with van der Waals surface area (Å²) < 4.78 is 5.55. The number of likely N-dealkylation sites (tertiary alicyclic amines) is 1. The normalized spacial score (nSPS) is 26.4. The quantitative estimate of drug-likeness (QED) is 0.924. The monoisotopic (exact) mass is 288 g/mol. The maximum Gasteiger partial charge on any atom is 0.123 e. The molecule has 1 aliphatic carbocycles. The van der Waals surface area contributed by atoms with Crippen molar-refractivity contribution >= 4 is 0 Å². The molecule has 1 heterocycles. The van der Waals surface area contributed by atoms with Crippen LogP contribution in [0.4, 0.5) is 0 Å². The number of methoxy groups -OCH3 is 1. The lowest BCUT2D eigenvalue weighted by Crippen LogP contribution is -2.46. The van der Waals surface area contributed by atoms with Crippen molar-refractivity contribution in [2.75, 3.05) is 13.7 Å². The van der Waals surface area contributed by atoms with Gasteiger partial charge in [0.05, 0.1) is 7.11 Å². The lowest BCUT2D eigenvalue weighted by Gasteiger charge is -2.44. The van der Waals surface area contributed by atoms with Crippen LogP contribution in [0.5, 0.6) is 5.75 Å². The lowest BCUT2D eigenvalue weighted by atomic mass is 9.78. The molecule has 2 aliphatic rings. The summed E-state index contributed by atoms with van der Waals surface area (Å²) in [7, 11) is 1.76. The van der Waals surface area contributed by atoms with Gasteiger partial charge in [-0.2, -0.15) is 0 Å². The molecule has 2 atom stereocenters. The van der Waals surface area contributed by atoms with Crippen molar-refractivity contribution in [3.05, 3.63) is 29.3 Å². The van der Waals surface area contributed by atoms with Crippen LogP contribution in [0.1, 0.15) is 49.7 Å². The van der Waals surface area contributed by atoms with Crippen molar-refractivity contribution < 1.29 is 4.74 Å². The Morgan fingerprint density at radius 1 is 1.19 bits per heavy atom. The summed E-state index contributed by atoms with van der Waals surface area (Å²) >= 11 is 0. The first-order valence-electron chi connectivity index (χ1n) is 8.41. The molecule has 3 nitrogen and oxygen atoms in total. The highest BCUT2D eigenvalue weighted by molar-refractivity contribution is 5.37. The van der Waals surface area contributed by atoms with Gasteiger partial charge in [-0.05, 0) is 55.8 Å². The third kappa shape index (κ3) is 3.24.